The first kappa shape index (κ1) is 17.2. The van der Waals surface area contributed by atoms with Crippen LogP contribution in [0, 0.1) is 13.8 Å². The summed E-state index contributed by atoms with van der Waals surface area (Å²) in [5.74, 6) is 0.980. The highest BCUT2D eigenvalue weighted by Crippen LogP contribution is 2.28. The molecule has 0 aliphatic heterocycles. The minimum Gasteiger partial charge on any atom is -0.497 e. The molecule has 3 heterocycles. The van der Waals surface area contributed by atoms with Gasteiger partial charge in [-0.25, -0.2) is 0 Å². The van der Waals surface area contributed by atoms with Crippen LogP contribution in [-0.4, -0.2) is 28.2 Å². The number of fused-ring (bicyclic) bond motifs is 1. The fourth-order valence-electron chi connectivity index (χ4n) is 2.87. The fourth-order valence-corrected chi connectivity index (χ4v) is 3.71. The lowest BCUT2D eigenvalue weighted by Crippen LogP contribution is -2.14. The second-order valence-corrected chi connectivity index (χ2v) is 7.50. The van der Waals surface area contributed by atoms with Crippen LogP contribution in [0.4, 0.5) is 5.82 Å². The van der Waals surface area contributed by atoms with Gasteiger partial charge in [0.05, 0.1) is 34.5 Å². The van der Waals surface area contributed by atoms with Gasteiger partial charge in [-0.3, -0.25) is 14.9 Å². The number of H-pyrrole nitrogens is 1. The molecule has 3 aromatic heterocycles. The van der Waals surface area contributed by atoms with Gasteiger partial charge >= 0.3 is 0 Å². The van der Waals surface area contributed by atoms with Gasteiger partial charge in [-0.1, -0.05) is 0 Å². The SMILES string of the molecule is COc1ccc2cc(C(=O)Nc3cc(-c4ccc(C)s4)[nH]n3)c(C)nc2c1. The third-order valence-corrected chi connectivity index (χ3v) is 5.32. The second-order valence-electron chi connectivity index (χ2n) is 6.21. The third-order valence-electron chi connectivity index (χ3n) is 4.29. The second kappa shape index (κ2) is 6.85. The van der Waals surface area contributed by atoms with E-state index in [-0.39, 0.29) is 5.91 Å². The summed E-state index contributed by atoms with van der Waals surface area (Å²) in [6, 6.07) is 13.4. The Bertz CT molecular complexity index is 1150. The van der Waals surface area contributed by atoms with Crippen LogP contribution in [-0.2, 0) is 0 Å². The van der Waals surface area contributed by atoms with Crippen LogP contribution in [0.25, 0.3) is 21.5 Å². The van der Waals surface area contributed by atoms with E-state index >= 15 is 0 Å². The van der Waals surface area contributed by atoms with E-state index in [1.165, 1.54) is 4.88 Å². The van der Waals surface area contributed by atoms with Gasteiger partial charge in [0, 0.05) is 22.4 Å². The number of carbonyl (C=O) groups is 1. The average molecular weight is 378 g/mol. The van der Waals surface area contributed by atoms with Crippen LogP contribution in [0.2, 0.25) is 0 Å². The third kappa shape index (κ3) is 3.41. The lowest BCUT2D eigenvalue weighted by molar-refractivity contribution is 0.102. The van der Waals surface area contributed by atoms with E-state index in [1.807, 2.05) is 43.3 Å². The van der Waals surface area contributed by atoms with E-state index in [0.29, 0.717) is 17.1 Å². The van der Waals surface area contributed by atoms with Crippen molar-refractivity contribution in [3.05, 3.63) is 58.6 Å². The molecule has 0 aliphatic rings. The van der Waals surface area contributed by atoms with Crippen LogP contribution < -0.4 is 10.1 Å². The monoisotopic (exact) mass is 378 g/mol. The number of aromatic nitrogens is 3. The number of carbonyl (C=O) groups excluding carboxylic acids is 1. The topological polar surface area (TPSA) is 79.9 Å². The molecule has 0 bridgehead atoms. The minimum absolute atomic E-state index is 0.238. The lowest BCUT2D eigenvalue weighted by Gasteiger charge is -2.08. The quantitative estimate of drug-likeness (QED) is 0.545. The Morgan fingerprint density at radius 3 is 2.74 bits per heavy atom. The average Bonchev–Trinajstić information content (AvgIpc) is 3.29. The van der Waals surface area contributed by atoms with Gasteiger partial charge in [0.2, 0.25) is 0 Å². The first-order valence-corrected chi connectivity index (χ1v) is 9.24. The fraction of sp³-hybridized carbons (Fsp3) is 0.150. The summed E-state index contributed by atoms with van der Waals surface area (Å²) >= 11 is 1.67. The van der Waals surface area contributed by atoms with Gasteiger partial charge < -0.3 is 10.1 Å². The van der Waals surface area contributed by atoms with Crippen molar-refractivity contribution in [1.82, 2.24) is 15.2 Å². The molecule has 4 aromatic rings. The molecule has 4 rings (SSSR count). The first-order valence-electron chi connectivity index (χ1n) is 8.42. The Morgan fingerprint density at radius 1 is 1.15 bits per heavy atom. The van der Waals surface area contributed by atoms with E-state index in [4.69, 9.17) is 4.74 Å². The number of rotatable bonds is 4. The zero-order valence-corrected chi connectivity index (χ0v) is 16.0. The number of hydrogen-bond donors (Lipinski definition) is 2. The number of hydrogen-bond acceptors (Lipinski definition) is 5. The zero-order valence-electron chi connectivity index (χ0n) is 15.2. The molecule has 0 unspecified atom stereocenters. The molecule has 0 aliphatic carbocycles. The predicted molar refractivity (Wildman–Crippen MR) is 108 cm³/mol. The molecule has 27 heavy (non-hydrogen) atoms. The zero-order chi connectivity index (χ0) is 19.0. The number of nitrogens with one attached hydrogen (secondary N) is 2. The number of nitrogens with zero attached hydrogens (tertiary/aromatic N) is 2. The van der Waals surface area contributed by atoms with Crippen LogP contribution >= 0.6 is 11.3 Å². The Kier molecular flexibility index (Phi) is 4.37. The van der Waals surface area contributed by atoms with Gasteiger partial charge in [-0.05, 0) is 44.2 Å². The smallest absolute Gasteiger partial charge is 0.258 e. The molecule has 6 nitrogen and oxygen atoms in total. The van der Waals surface area contributed by atoms with Crippen molar-refractivity contribution in [2.24, 2.45) is 0 Å². The number of amides is 1. The predicted octanol–water partition coefficient (Wildman–Crippen LogP) is 4.56. The standard InChI is InChI=1S/C20H18N4O2S/c1-11-4-7-18(27-11)17-10-19(24-23-17)22-20(25)15-8-13-5-6-14(26-3)9-16(13)21-12(15)2/h4-10H,1-3H3,(H2,22,23,24,25). The Hall–Kier alpha value is -3.19. The van der Waals surface area contributed by atoms with Gasteiger partial charge in [0.1, 0.15) is 5.75 Å². The summed E-state index contributed by atoms with van der Waals surface area (Å²) in [5, 5.41) is 10.9. The van der Waals surface area contributed by atoms with Gasteiger partial charge in [0.25, 0.3) is 5.91 Å². The van der Waals surface area contributed by atoms with Crippen molar-refractivity contribution in [3.63, 3.8) is 0 Å². The van der Waals surface area contributed by atoms with E-state index in [1.54, 1.807) is 18.4 Å². The summed E-state index contributed by atoms with van der Waals surface area (Å²) in [6.07, 6.45) is 0. The first-order chi connectivity index (χ1) is 13.0. The van der Waals surface area contributed by atoms with Crippen molar-refractivity contribution in [3.8, 4) is 16.3 Å². The molecule has 1 aromatic carbocycles. The maximum atomic E-state index is 12.7. The molecule has 0 saturated carbocycles. The highest BCUT2D eigenvalue weighted by atomic mass is 32.1. The molecule has 0 saturated heterocycles. The summed E-state index contributed by atoms with van der Waals surface area (Å²) in [6.45, 7) is 3.87. The molecule has 0 fully saturated rings. The van der Waals surface area contributed by atoms with Gasteiger partial charge in [-0.2, -0.15) is 5.10 Å². The number of anilines is 1. The van der Waals surface area contributed by atoms with Crippen molar-refractivity contribution in [2.45, 2.75) is 13.8 Å². The van der Waals surface area contributed by atoms with Crippen LogP contribution in [0.5, 0.6) is 5.75 Å². The Balaban J connectivity index is 1.59. The largest absolute Gasteiger partial charge is 0.497 e. The molecule has 0 atom stereocenters. The summed E-state index contributed by atoms with van der Waals surface area (Å²) in [4.78, 5) is 19.6. The molecular weight excluding hydrogens is 360 g/mol. The molecule has 2 N–H and O–H groups in total. The summed E-state index contributed by atoms with van der Waals surface area (Å²) in [5.41, 5.74) is 2.84. The van der Waals surface area contributed by atoms with Gasteiger partial charge in [0.15, 0.2) is 5.82 Å². The van der Waals surface area contributed by atoms with Crippen molar-refractivity contribution in [2.75, 3.05) is 12.4 Å². The lowest BCUT2D eigenvalue weighted by atomic mass is 10.1. The molecule has 1 amide bonds. The Morgan fingerprint density at radius 2 is 2.00 bits per heavy atom. The highest BCUT2D eigenvalue weighted by molar-refractivity contribution is 7.15. The summed E-state index contributed by atoms with van der Waals surface area (Å²) < 4.78 is 5.23. The molecule has 0 spiro atoms. The highest BCUT2D eigenvalue weighted by Gasteiger charge is 2.14. The van der Waals surface area contributed by atoms with Crippen molar-refractivity contribution < 1.29 is 9.53 Å². The molecule has 7 heteroatoms. The number of methoxy groups -OCH3 is 1. The van der Waals surface area contributed by atoms with E-state index in [0.717, 1.165) is 27.2 Å². The molecule has 136 valence electrons. The maximum absolute atomic E-state index is 12.7. The molecular formula is C20H18N4O2S. The van der Waals surface area contributed by atoms with Crippen LogP contribution in [0.3, 0.4) is 0 Å². The number of thiophene rings is 1. The number of pyridine rings is 1. The maximum Gasteiger partial charge on any atom is 0.258 e. The van der Waals surface area contributed by atoms with Crippen molar-refractivity contribution in [1.29, 1.82) is 0 Å². The minimum atomic E-state index is -0.238. The van der Waals surface area contributed by atoms with E-state index < -0.39 is 0 Å². The molecule has 0 radical (unpaired) electrons. The van der Waals surface area contributed by atoms with Crippen LogP contribution in [0.1, 0.15) is 20.9 Å². The number of aryl methyl sites for hydroxylation is 2. The number of ether oxygens (including phenoxy) is 1. The normalized spacial score (nSPS) is 10.9. The van der Waals surface area contributed by atoms with Crippen LogP contribution in [0.15, 0.2) is 42.5 Å². The Labute approximate surface area is 160 Å². The number of benzene rings is 1. The van der Waals surface area contributed by atoms with E-state index in [9.17, 15) is 4.79 Å². The van der Waals surface area contributed by atoms with Crippen molar-refractivity contribution >= 4 is 34.0 Å². The number of aromatic amines is 1. The summed E-state index contributed by atoms with van der Waals surface area (Å²) in [7, 11) is 1.62. The van der Waals surface area contributed by atoms with Gasteiger partial charge in [-0.15, -0.1) is 11.3 Å². The van der Waals surface area contributed by atoms with E-state index in [2.05, 4.69) is 33.5 Å².